The first-order chi connectivity index (χ1) is 12.8. The average Bonchev–Trinajstić information content (AvgIpc) is 2.68. The quantitative estimate of drug-likeness (QED) is 0.462. The Labute approximate surface area is 180 Å². The lowest BCUT2D eigenvalue weighted by atomic mass is 10.0. The molecular formula is C23H30Cl2N2O. The molecule has 0 unspecified atom stereocenters. The molecule has 0 radical (unpaired) electrons. The minimum atomic E-state index is 0. The molecule has 0 saturated carbocycles. The zero-order valence-corrected chi connectivity index (χ0v) is 18.2. The van der Waals surface area contributed by atoms with Crippen LogP contribution in [0.5, 0.6) is 5.75 Å². The fourth-order valence-electron chi connectivity index (χ4n) is 3.08. The number of halogens is 2. The molecule has 0 aliphatic heterocycles. The molecule has 0 fully saturated rings. The predicted octanol–water partition coefficient (Wildman–Crippen LogP) is 5.27. The number of nitrogens with one attached hydrogen (secondary N) is 2. The third-order valence-electron chi connectivity index (χ3n) is 4.59. The highest BCUT2D eigenvalue weighted by Gasteiger charge is 2.09. The number of hydrogen-bond acceptors (Lipinski definition) is 3. The van der Waals surface area contributed by atoms with Crippen LogP contribution >= 0.6 is 24.8 Å². The van der Waals surface area contributed by atoms with Crippen molar-refractivity contribution in [1.29, 1.82) is 0 Å². The molecule has 0 atom stereocenters. The van der Waals surface area contributed by atoms with E-state index in [0.29, 0.717) is 6.61 Å². The second-order valence-electron chi connectivity index (χ2n) is 6.67. The summed E-state index contributed by atoms with van der Waals surface area (Å²) in [4.78, 5) is 0. The molecule has 2 N–H and O–H groups in total. The van der Waals surface area contributed by atoms with Gasteiger partial charge in [-0.05, 0) is 55.9 Å². The number of ether oxygens (including phenoxy) is 1. The third-order valence-corrected chi connectivity index (χ3v) is 4.59. The second-order valence-corrected chi connectivity index (χ2v) is 6.67. The van der Waals surface area contributed by atoms with Crippen molar-refractivity contribution in [2.45, 2.75) is 26.5 Å². The van der Waals surface area contributed by atoms with Gasteiger partial charge in [-0.25, -0.2) is 0 Å². The zero-order chi connectivity index (χ0) is 18.2. The minimum absolute atomic E-state index is 0. The molecule has 28 heavy (non-hydrogen) atoms. The molecule has 0 aliphatic carbocycles. The van der Waals surface area contributed by atoms with Gasteiger partial charge in [0.15, 0.2) is 0 Å². The van der Waals surface area contributed by atoms with E-state index in [2.05, 4.69) is 78.2 Å². The Hall–Kier alpha value is -1.78. The van der Waals surface area contributed by atoms with Gasteiger partial charge in [-0.15, -0.1) is 24.8 Å². The summed E-state index contributed by atoms with van der Waals surface area (Å²) in [5, 5.41) is 9.25. The van der Waals surface area contributed by atoms with E-state index < -0.39 is 0 Å². The molecule has 0 bridgehead atoms. The molecule has 0 heterocycles. The molecule has 0 amide bonds. The Balaban J connectivity index is 0.00000196. The van der Waals surface area contributed by atoms with Crippen LogP contribution in [0.15, 0.2) is 60.7 Å². The fraction of sp³-hybridized carbons (Fsp3) is 0.304. The van der Waals surface area contributed by atoms with Crippen molar-refractivity contribution in [3.05, 3.63) is 77.4 Å². The van der Waals surface area contributed by atoms with E-state index in [1.165, 1.54) is 27.5 Å². The first-order valence-electron chi connectivity index (χ1n) is 9.32. The van der Waals surface area contributed by atoms with Gasteiger partial charge in [0, 0.05) is 12.1 Å². The monoisotopic (exact) mass is 420 g/mol. The standard InChI is InChI=1S/C23H28N2O.2ClH/c1-18-8-10-19(11-9-18)17-26-23-13-12-20-6-3-4-7-21(20)22(23)16-25-15-5-14-24-2;;/h3-4,6-13,24-25H,5,14-17H2,1-2H3;2*1H. The summed E-state index contributed by atoms with van der Waals surface area (Å²) in [6.45, 7) is 5.52. The molecule has 3 aromatic carbocycles. The smallest absolute Gasteiger partial charge is 0.124 e. The lowest BCUT2D eigenvalue weighted by Crippen LogP contribution is -2.20. The number of hydrogen-bond donors (Lipinski definition) is 2. The Kier molecular flexibility index (Phi) is 10.9. The lowest BCUT2D eigenvalue weighted by Gasteiger charge is -2.15. The van der Waals surface area contributed by atoms with Crippen LogP contribution in [-0.4, -0.2) is 20.1 Å². The maximum absolute atomic E-state index is 6.20. The van der Waals surface area contributed by atoms with Crippen LogP contribution in [-0.2, 0) is 13.2 Å². The van der Waals surface area contributed by atoms with E-state index in [0.717, 1.165) is 31.8 Å². The van der Waals surface area contributed by atoms with Crippen molar-refractivity contribution in [2.24, 2.45) is 0 Å². The molecule has 0 aromatic heterocycles. The lowest BCUT2D eigenvalue weighted by molar-refractivity contribution is 0.302. The molecule has 3 aromatic rings. The molecule has 0 spiro atoms. The van der Waals surface area contributed by atoms with Crippen LogP contribution in [0.2, 0.25) is 0 Å². The van der Waals surface area contributed by atoms with Crippen molar-refractivity contribution in [3.8, 4) is 5.75 Å². The Morgan fingerprint density at radius 2 is 1.61 bits per heavy atom. The number of rotatable bonds is 9. The third kappa shape index (κ3) is 6.68. The Morgan fingerprint density at radius 3 is 2.36 bits per heavy atom. The highest BCUT2D eigenvalue weighted by molar-refractivity contribution is 5.87. The summed E-state index contributed by atoms with van der Waals surface area (Å²) in [7, 11) is 1.99. The first-order valence-corrected chi connectivity index (χ1v) is 9.32. The zero-order valence-electron chi connectivity index (χ0n) is 16.5. The second kappa shape index (κ2) is 12.6. The maximum atomic E-state index is 6.20. The van der Waals surface area contributed by atoms with Crippen molar-refractivity contribution in [2.75, 3.05) is 20.1 Å². The Morgan fingerprint density at radius 1 is 0.857 bits per heavy atom. The summed E-state index contributed by atoms with van der Waals surface area (Å²) in [6.07, 6.45) is 1.11. The van der Waals surface area contributed by atoms with E-state index in [4.69, 9.17) is 4.74 Å². The predicted molar refractivity (Wildman–Crippen MR) is 124 cm³/mol. The van der Waals surface area contributed by atoms with E-state index in [-0.39, 0.29) is 24.8 Å². The summed E-state index contributed by atoms with van der Waals surface area (Å²) >= 11 is 0. The topological polar surface area (TPSA) is 33.3 Å². The normalized spacial score (nSPS) is 10.2. The molecule has 0 saturated heterocycles. The van der Waals surface area contributed by atoms with Crippen LogP contribution in [0.4, 0.5) is 0 Å². The van der Waals surface area contributed by atoms with Gasteiger partial charge < -0.3 is 15.4 Å². The number of fused-ring (bicyclic) bond motifs is 1. The van der Waals surface area contributed by atoms with Crippen molar-refractivity contribution in [3.63, 3.8) is 0 Å². The highest BCUT2D eigenvalue weighted by Crippen LogP contribution is 2.28. The molecule has 3 nitrogen and oxygen atoms in total. The van der Waals surface area contributed by atoms with Crippen LogP contribution in [0.1, 0.15) is 23.1 Å². The molecule has 0 aliphatic rings. The van der Waals surface area contributed by atoms with Crippen LogP contribution in [0, 0.1) is 6.92 Å². The maximum Gasteiger partial charge on any atom is 0.124 e. The van der Waals surface area contributed by atoms with E-state index in [9.17, 15) is 0 Å². The van der Waals surface area contributed by atoms with Gasteiger partial charge in [0.1, 0.15) is 12.4 Å². The number of aryl methyl sites for hydroxylation is 1. The largest absolute Gasteiger partial charge is 0.489 e. The van der Waals surface area contributed by atoms with E-state index >= 15 is 0 Å². The van der Waals surface area contributed by atoms with E-state index in [1.54, 1.807) is 0 Å². The average molecular weight is 421 g/mol. The van der Waals surface area contributed by atoms with Crippen molar-refractivity contribution < 1.29 is 4.74 Å². The van der Waals surface area contributed by atoms with Gasteiger partial charge in [0.25, 0.3) is 0 Å². The summed E-state index contributed by atoms with van der Waals surface area (Å²) in [5.41, 5.74) is 3.70. The van der Waals surface area contributed by atoms with Gasteiger partial charge in [-0.3, -0.25) is 0 Å². The van der Waals surface area contributed by atoms with Gasteiger partial charge in [-0.2, -0.15) is 0 Å². The summed E-state index contributed by atoms with van der Waals surface area (Å²) < 4.78 is 6.20. The minimum Gasteiger partial charge on any atom is -0.489 e. The summed E-state index contributed by atoms with van der Waals surface area (Å²) in [5.74, 6) is 0.963. The first kappa shape index (κ1) is 24.3. The fourth-order valence-corrected chi connectivity index (χ4v) is 3.08. The summed E-state index contributed by atoms with van der Waals surface area (Å²) in [6, 6.07) is 21.3. The van der Waals surface area contributed by atoms with Crippen LogP contribution in [0.3, 0.4) is 0 Å². The van der Waals surface area contributed by atoms with Gasteiger partial charge >= 0.3 is 0 Å². The van der Waals surface area contributed by atoms with Crippen LogP contribution < -0.4 is 15.4 Å². The van der Waals surface area contributed by atoms with Gasteiger partial charge in [0.05, 0.1) is 0 Å². The van der Waals surface area contributed by atoms with Crippen LogP contribution in [0.25, 0.3) is 10.8 Å². The SMILES string of the molecule is CNCCCNCc1c(OCc2ccc(C)cc2)ccc2ccccc12.Cl.Cl. The molecule has 5 heteroatoms. The Bertz CT molecular complexity index is 838. The molecular weight excluding hydrogens is 391 g/mol. The molecule has 3 rings (SSSR count). The molecule has 152 valence electrons. The van der Waals surface area contributed by atoms with Gasteiger partial charge in [-0.1, -0.05) is 60.2 Å². The van der Waals surface area contributed by atoms with Gasteiger partial charge in [0.2, 0.25) is 0 Å². The van der Waals surface area contributed by atoms with E-state index in [1.807, 2.05) is 7.05 Å². The number of benzene rings is 3. The highest BCUT2D eigenvalue weighted by atomic mass is 35.5. The van der Waals surface area contributed by atoms with Crippen molar-refractivity contribution >= 4 is 35.6 Å². The van der Waals surface area contributed by atoms with Crippen molar-refractivity contribution in [1.82, 2.24) is 10.6 Å².